The lowest BCUT2D eigenvalue weighted by atomic mass is 10.2. The van der Waals surface area contributed by atoms with Crippen molar-refractivity contribution in [3.05, 3.63) is 35.9 Å². The zero-order valence-electron chi connectivity index (χ0n) is 27.4. The van der Waals surface area contributed by atoms with Crippen LogP contribution in [0.15, 0.2) is 30.3 Å². The van der Waals surface area contributed by atoms with Crippen LogP contribution in [0.25, 0.3) is 0 Å². The molecule has 51 heavy (non-hydrogen) atoms. The Kier molecular flexibility index (Phi) is 15.4. The van der Waals surface area contributed by atoms with Gasteiger partial charge in [0, 0.05) is 0 Å². The summed E-state index contributed by atoms with van der Waals surface area (Å²) in [5, 5.41) is -1.75. The van der Waals surface area contributed by atoms with E-state index in [9.17, 15) is 71.9 Å². The van der Waals surface area contributed by atoms with Gasteiger partial charge in [-0.1, -0.05) is 37.3 Å². The van der Waals surface area contributed by atoms with Crippen molar-refractivity contribution in [2.24, 2.45) is 0 Å². The summed E-state index contributed by atoms with van der Waals surface area (Å²) in [6, 6.07) is 8.10. The minimum atomic E-state index is -5.78. The number of alkyl halides is 12. The molecule has 0 unspecified atom stereocenters. The molecule has 0 aliphatic heterocycles. The number of halogens is 12. The molecule has 0 amide bonds. The summed E-state index contributed by atoms with van der Waals surface area (Å²) in [6.45, 7) is 5.24. The zero-order chi connectivity index (χ0) is 39.8. The normalized spacial score (nSPS) is 15.6. The van der Waals surface area contributed by atoms with Crippen molar-refractivity contribution in [3.8, 4) is 0 Å². The summed E-state index contributed by atoms with van der Waals surface area (Å²) >= 11 is 0. The number of benzene rings is 1. The fourth-order valence-corrected chi connectivity index (χ4v) is 5.57. The highest BCUT2D eigenvalue weighted by molar-refractivity contribution is 6.77. The number of ether oxygens (including phenoxy) is 4. The Bertz CT molecular complexity index is 1330. The highest BCUT2D eigenvalue weighted by Gasteiger charge is 2.55. The summed E-state index contributed by atoms with van der Waals surface area (Å²) in [7, 11) is -3.95. The van der Waals surface area contributed by atoms with E-state index in [0.717, 1.165) is 20.0 Å². The molecule has 4 atom stereocenters. The van der Waals surface area contributed by atoms with Crippen molar-refractivity contribution in [1.82, 2.24) is 0 Å². The van der Waals surface area contributed by atoms with Gasteiger partial charge in [0.2, 0.25) is 20.5 Å². The zero-order valence-corrected chi connectivity index (χ0v) is 28.4. The Labute approximate surface area is 284 Å². The van der Waals surface area contributed by atoms with Crippen molar-refractivity contribution >= 4 is 32.2 Å². The number of esters is 4. The van der Waals surface area contributed by atoms with Gasteiger partial charge in [-0.2, -0.15) is 52.7 Å². The van der Waals surface area contributed by atoms with E-state index in [1.165, 1.54) is 13.8 Å². The summed E-state index contributed by atoms with van der Waals surface area (Å²) in [5.74, 6) is -7.92. The molecule has 1 aromatic carbocycles. The first-order chi connectivity index (χ1) is 22.9. The summed E-state index contributed by atoms with van der Waals surface area (Å²) in [4.78, 5) is 49.0. The first-order valence-corrected chi connectivity index (χ1v) is 17.6. The molecule has 292 valence electrons. The van der Waals surface area contributed by atoms with Crippen molar-refractivity contribution in [2.45, 2.75) is 120 Å². The van der Waals surface area contributed by atoms with Crippen LogP contribution in [0.4, 0.5) is 52.7 Å². The molecule has 0 fully saturated rings. The molecule has 0 saturated heterocycles. The van der Waals surface area contributed by atoms with Crippen molar-refractivity contribution in [1.29, 1.82) is 0 Å². The van der Waals surface area contributed by atoms with E-state index in [1.807, 2.05) is 0 Å². The maximum Gasteiger partial charge on any atom is 0.426 e. The average molecular weight is 783 g/mol. The predicted molar refractivity (Wildman–Crippen MR) is 151 cm³/mol. The quantitative estimate of drug-likeness (QED) is 0.0722. The Morgan fingerprint density at radius 1 is 0.608 bits per heavy atom. The van der Waals surface area contributed by atoms with Gasteiger partial charge in [0.05, 0.1) is 24.3 Å². The number of rotatable bonds is 16. The molecular formula is C29H34F12O9Si. The van der Waals surface area contributed by atoms with Crippen LogP contribution in [0.1, 0.15) is 52.0 Å². The standard InChI is InChI=1S/C29H34F12O9Si/c1-6-17(26(30,31)32)47-21(42)12-18(27(33,34)35)48-22(43)13-19(28(36,37)38)49-23(44)14-20(29(39,40)41)50-51(4,5)25(2,3)24(45)46-15-16-10-8-7-9-11-16/h7-11,17-20H,6,12-15H2,1-5H3/t17-,18-,19-,20-/m0/s1. The third kappa shape index (κ3) is 14.5. The molecule has 0 aliphatic carbocycles. The maximum atomic E-state index is 13.9. The van der Waals surface area contributed by atoms with Crippen molar-refractivity contribution in [2.75, 3.05) is 0 Å². The molecule has 0 aliphatic rings. The van der Waals surface area contributed by atoms with Crippen LogP contribution >= 0.6 is 0 Å². The molecule has 0 spiro atoms. The van der Waals surface area contributed by atoms with Gasteiger partial charge in [-0.15, -0.1) is 0 Å². The van der Waals surface area contributed by atoms with E-state index in [2.05, 4.69) is 14.2 Å². The molecule has 0 saturated carbocycles. The second-order valence-electron chi connectivity index (χ2n) is 11.9. The lowest BCUT2D eigenvalue weighted by molar-refractivity contribution is -0.243. The SMILES string of the molecule is CC[C@H](OC(=O)C[C@H](OC(=O)C[C@H](OC(=O)C[C@H](O[Si](C)(C)C(C)(C)C(=O)OCc1ccccc1)C(F)(F)F)C(F)(F)F)C(F)(F)F)C(F)(F)F. The van der Waals surface area contributed by atoms with Gasteiger partial charge in [0.1, 0.15) is 6.61 Å². The van der Waals surface area contributed by atoms with Crippen LogP contribution < -0.4 is 0 Å². The van der Waals surface area contributed by atoms with Crippen LogP contribution in [0.3, 0.4) is 0 Å². The number of carbonyl (C=O) groups excluding carboxylic acids is 4. The van der Waals surface area contributed by atoms with Crippen LogP contribution in [-0.2, 0) is 49.2 Å². The van der Waals surface area contributed by atoms with Crippen molar-refractivity contribution in [3.63, 3.8) is 0 Å². The van der Waals surface area contributed by atoms with Gasteiger partial charge in [-0.3, -0.25) is 19.2 Å². The van der Waals surface area contributed by atoms with E-state index < -0.39 is 112 Å². The van der Waals surface area contributed by atoms with Gasteiger partial charge in [0.15, 0.2) is 12.2 Å². The fourth-order valence-electron chi connectivity index (χ4n) is 3.78. The molecule has 0 bridgehead atoms. The van der Waals surface area contributed by atoms with E-state index in [0.29, 0.717) is 5.56 Å². The van der Waals surface area contributed by atoms with Gasteiger partial charge >= 0.3 is 48.6 Å². The lowest BCUT2D eigenvalue weighted by Gasteiger charge is -2.39. The highest BCUT2D eigenvalue weighted by Crippen LogP contribution is 2.42. The van der Waals surface area contributed by atoms with Crippen LogP contribution in [0.2, 0.25) is 18.1 Å². The van der Waals surface area contributed by atoms with Crippen LogP contribution in [0, 0.1) is 0 Å². The Balaban J connectivity index is 3.07. The summed E-state index contributed by atoms with van der Waals surface area (Å²) in [6.07, 6.45) is -42.8. The second kappa shape index (κ2) is 17.3. The van der Waals surface area contributed by atoms with E-state index >= 15 is 0 Å². The minimum Gasteiger partial charge on any atom is -0.461 e. The minimum absolute atomic E-state index is 0.269. The number of hydrogen-bond acceptors (Lipinski definition) is 9. The summed E-state index contributed by atoms with van der Waals surface area (Å²) < 4.78 is 183. The molecular weight excluding hydrogens is 748 g/mol. The number of carbonyl (C=O) groups is 4. The van der Waals surface area contributed by atoms with E-state index in [4.69, 9.17) is 9.16 Å². The molecule has 22 heteroatoms. The van der Waals surface area contributed by atoms with Crippen LogP contribution in [-0.4, -0.2) is 81.3 Å². The third-order valence-corrected chi connectivity index (χ3v) is 11.5. The van der Waals surface area contributed by atoms with Gasteiger partial charge in [0.25, 0.3) is 0 Å². The topological polar surface area (TPSA) is 114 Å². The Hall–Kier alpha value is -3.56. The Morgan fingerprint density at radius 2 is 0.961 bits per heavy atom. The molecule has 1 aromatic rings. The summed E-state index contributed by atoms with van der Waals surface area (Å²) in [5.41, 5.74) is 0.531. The van der Waals surface area contributed by atoms with Gasteiger partial charge in [-0.05, 0) is 38.9 Å². The molecule has 0 aromatic heterocycles. The monoisotopic (exact) mass is 782 g/mol. The molecule has 0 heterocycles. The second-order valence-corrected chi connectivity index (χ2v) is 16.4. The van der Waals surface area contributed by atoms with E-state index in [-0.39, 0.29) is 6.61 Å². The molecule has 0 N–H and O–H groups in total. The van der Waals surface area contributed by atoms with Gasteiger partial charge in [-0.25, -0.2) is 0 Å². The largest absolute Gasteiger partial charge is 0.461 e. The first-order valence-electron chi connectivity index (χ1n) is 14.7. The van der Waals surface area contributed by atoms with E-state index in [1.54, 1.807) is 30.3 Å². The average Bonchev–Trinajstić information content (AvgIpc) is 2.95. The molecule has 1 rings (SSSR count). The highest BCUT2D eigenvalue weighted by atomic mass is 28.4. The molecule has 0 radical (unpaired) electrons. The third-order valence-electron chi connectivity index (χ3n) is 7.37. The number of hydrogen-bond donors (Lipinski definition) is 0. The smallest absolute Gasteiger partial charge is 0.426 e. The lowest BCUT2D eigenvalue weighted by Crippen LogP contribution is -2.53. The maximum absolute atomic E-state index is 13.9. The van der Waals surface area contributed by atoms with Gasteiger partial charge < -0.3 is 23.4 Å². The first kappa shape index (κ1) is 45.5. The van der Waals surface area contributed by atoms with Crippen molar-refractivity contribution < 1.29 is 95.2 Å². The predicted octanol–water partition coefficient (Wildman–Crippen LogP) is 7.67. The fraction of sp³-hybridized carbons (Fsp3) is 0.655. The molecule has 9 nitrogen and oxygen atoms in total. The Morgan fingerprint density at radius 3 is 1.31 bits per heavy atom. The van der Waals surface area contributed by atoms with Crippen LogP contribution in [0.5, 0.6) is 0 Å².